The third kappa shape index (κ3) is 2.57. The zero-order chi connectivity index (χ0) is 12.4. The monoisotopic (exact) mass is 251 g/mol. The Morgan fingerprint density at radius 2 is 2.24 bits per heavy atom. The van der Waals surface area contributed by atoms with Gasteiger partial charge in [-0.25, -0.2) is 0 Å². The first-order valence-corrected chi connectivity index (χ1v) is 5.23. The number of nitrogens with one attached hydrogen (secondary N) is 1. The third-order valence-electron chi connectivity index (χ3n) is 2.16. The van der Waals surface area contributed by atoms with E-state index in [4.69, 9.17) is 11.6 Å². The molecule has 0 atom stereocenters. The Bertz CT molecular complexity index is 566. The van der Waals surface area contributed by atoms with Gasteiger partial charge in [0.1, 0.15) is 5.75 Å². The summed E-state index contributed by atoms with van der Waals surface area (Å²) >= 11 is 5.68. The van der Waals surface area contributed by atoms with E-state index in [-0.39, 0.29) is 11.3 Å². The molecule has 0 unspecified atom stereocenters. The van der Waals surface area contributed by atoms with Crippen LogP contribution < -0.4 is 5.32 Å². The van der Waals surface area contributed by atoms with Gasteiger partial charge < -0.3 is 10.4 Å². The van der Waals surface area contributed by atoms with Gasteiger partial charge >= 0.3 is 0 Å². The van der Waals surface area contributed by atoms with Crippen molar-refractivity contribution < 1.29 is 9.90 Å². The second-order valence-corrected chi connectivity index (χ2v) is 3.93. The summed E-state index contributed by atoms with van der Waals surface area (Å²) in [5.74, 6) is -0.171. The van der Waals surface area contributed by atoms with E-state index in [2.05, 4.69) is 10.4 Å². The summed E-state index contributed by atoms with van der Waals surface area (Å²) in [6, 6.07) is 5.96. The molecule has 2 aromatic rings. The minimum atomic E-state index is -0.433. The molecule has 1 aromatic carbocycles. The van der Waals surface area contributed by atoms with Crippen molar-refractivity contribution in [2.24, 2.45) is 7.05 Å². The van der Waals surface area contributed by atoms with Crippen LogP contribution in [0, 0.1) is 0 Å². The standard InChI is InChI=1S/C11H10ClN3O2/c1-15-5-4-10(14-15)13-11(17)8-3-2-7(12)6-9(8)16/h2-6,16H,1H3,(H,13,14,17). The van der Waals surface area contributed by atoms with Gasteiger partial charge in [0.05, 0.1) is 5.56 Å². The molecule has 88 valence electrons. The summed E-state index contributed by atoms with van der Waals surface area (Å²) in [5.41, 5.74) is 0.153. The first-order valence-electron chi connectivity index (χ1n) is 4.86. The molecule has 0 saturated heterocycles. The van der Waals surface area contributed by atoms with Crippen LogP contribution >= 0.6 is 11.6 Å². The van der Waals surface area contributed by atoms with E-state index >= 15 is 0 Å². The van der Waals surface area contributed by atoms with Crippen LogP contribution in [0.1, 0.15) is 10.4 Å². The zero-order valence-electron chi connectivity index (χ0n) is 9.01. The van der Waals surface area contributed by atoms with Gasteiger partial charge in [0, 0.05) is 24.3 Å². The van der Waals surface area contributed by atoms with Crippen LogP contribution in [0.4, 0.5) is 5.82 Å². The number of aryl methyl sites for hydroxylation is 1. The maximum Gasteiger partial charge on any atom is 0.260 e. The lowest BCUT2D eigenvalue weighted by Crippen LogP contribution is -2.12. The topological polar surface area (TPSA) is 67.2 Å². The number of aromatic nitrogens is 2. The van der Waals surface area contributed by atoms with Gasteiger partial charge in [0.15, 0.2) is 5.82 Å². The lowest BCUT2D eigenvalue weighted by atomic mass is 10.2. The molecule has 1 aromatic heterocycles. The number of rotatable bonds is 2. The molecule has 2 rings (SSSR count). The number of carbonyl (C=O) groups is 1. The SMILES string of the molecule is Cn1ccc(NC(=O)c2ccc(Cl)cc2O)n1. The van der Waals surface area contributed by atoms with E-state index in [1.54, 1.807) is 24.0 Å². The lowest BCUT2D eigenvalue weighted by Gasteiger charge is -2.04. The molecule has 5 nitrogen and oxygen atoms in total. The molecular weight excluding hydrogens is 242 g/mol. The summed E-state index contributed by atoms with van der Waals surface area (Å²) in [4.78, 5) is 11.8. The third-order valence-corrected chi connectivity index (χ3v) is 2.39. The predicted octanol–water partition coefficient (Wildman–Crippen LogP) is 2.03. The molecule has 0 fully saturated rings. The molecule has 0 aliphatic heterocycles. The maximum absolute atomic E-state index is 11.8. The van der Waals surface area contributed by atoms with E-state index in [1.165, 1.54) is 18.2 Å². The van der Waals surface area contributed by atoms with Gasteiger partial charge in [0.25, 0.3) is 5.91 Å². The van der Waals surface area contributed by atoms with Crippen molar-refractivity contribution in [3.05, 3.63) is 41.0 Å². The Hall–Kier alpha value is -2.01. The van der Waals surface area contributed by atoms with Crippen LogP contribution in [-0.4, -0.2) is 20.8 Å². The number of aromatic hydroxyl groups is 1. The normalized spacial score (nSPS) is 10.2. The van der Waals surface area contributed by atoms with Crippen molar-refractivity contribution in [1.82, 2.24) is 9.78 Å². The maximum atomic E-state index is 11.8. The van der Waals surface area contributed by atoms with Crippen molar-refractivity contribution >= 4 is 23.3 Å². The van der Waals surface area contributed by atoms with Crippen molar-refractivity contribution in [3.8, 4) is 5.75 Å². The summed E-state index contributed by atoms with van der Waals surface area (Å²) < 4.78 is 1.57. The molecule has 2 N–H and O–H groups in total. The Morgan fingerprint density at radius 3 is 2.82 bits per heavy atom. The van der Waals surface area contributed by atoms with E-state index < -0.39 is 5.91 Å². The minimum absolute atomic E-state index is 0.153. The second-order valence-electron chi connectivity index (χ2n) is 3.49. The van der Waals surface area contributed by atoms with Gasteiger partial charge in [-0.05, 0) is 18.2 Å². The summed E-state index contributed by atoms with van der Waals surface area (Å²) in [7, 11) is 1.75. The highest BCUT2D eigenvalue weighted by molar-refractivity contribution is 6.30. The average molecular weight is 252 g/mol. The second kappa shape index (κ2) is 4.47. The Morgan fingerprint density at radius 1 is 1.47 bits per heavy atom. The fourth-order valence-corrected chi connectivity index (χ4v) is 1.53. The molecule has 0 spiro atoms. The highest BCUT2D eigenvalue weighted by Crippen LogP contribution is 2.22. The number of hydrogen-bond donors (Lipinski definition) is 2. The van der Waals surface area contributed by atoms with Crippen molar-refractivity contribution in [2.45, 2.75) is 0 Å². The number of phenols is 1. The van der Waals surface area contributed by atoms with Gasteiger partial charge in [-0.2, -0.15) is 5.10 Å². The van der Waals surface area contributed by atoms with E-state index in [9.17, 15) is 9.90 Å². The molecule has 1 heterocycles. The highest BCUT2D eigenvalue weighted by Gasteiger charge is 2.12. The number of carbonyl (C=O) groups excluding carboxylic acids is 1. The molecule has 0 aliphatic rings. The number of halogens is 1. The van der Waals surface area contributed by atoms with Crippen LogP contribution in [0.2, 0.25) is 5.02 Å². The number of hydrogen-bond acceptors (Lipinski definition) is 3. The average Bonchev–Trinajstić information content (AvgIpc) is 2.63. The lowest BCUT2D eigenvalue weighted by molar-refractivity contribution is 0.102. The van der Waals surface area contributed by atoms with Gasteiger partial charge in [0.2, 0.25) is 0 Å². The highest BCUT2D eigenvalue weighted by atomic mass is 35.5. The molecular formula is C11H10ClN3O2. The fourth-order valence-electron chi connectivity index (χ4n) is 1.36. The zero-order valence-corrected chi connectivity index (χ0v) is 9.77. The molecule has 17 heavy (non-hydrogen) atoms. The quantitative estimate of drug-likeness (QED) is 0.858. The Kier molecular flexibility index (Phi) is 3.01. The molecule has 6 heteroatoms. The summed E-state index contributed by atoms with van der Waals surface area (Å²) in [6.45, 7) is 0. The van der Waals surface area contributed by atoms with Crippen LogP contribution in [0.25, 0.3) is 0 Å². The van der Waals surface area contributed by atoms with Crippen molar-refractivity contribution in [3.63, 3.8) is 0 Å². The van der Waals surface area contributed by atoms with Crippen LogP contribution in [-0.2, 0) is 7.05 Å². The largest absolute Gasteiger partial charge is 0.507 e. The number of phenolic OH excluding ortho intramolecular Hbond substituents is 1. The van der Waals surface area contributed by atoms with Crippen molar-refractivity contribution in [1.29, 1.82) is 0 Å². The minimum Gasteiger partial charge on any atom is -0.507 e. The smallest absolute Gasteiger partial charge is 0.260 e. The molecule has 0 aliphatic carbocycles. The van der Waals surface area contributed by atoms with Gasteiger partial charge in [-0.3, -0.25) is 9.48 Å². The number of anilines is 1. The van der Waals surface area contributed by atoms with E-state index in [1.807, 2.05) is 0 Å². The molecule has 0 saturated carbocycles. The fraction of sp³-hybridized carbons (Fsp3) is 0.0909. The molecule has 0 bridgehead atoms. The number of benzene rings is 1. The predicted molar refractivity (Wildman–Crippen MR) is 64.3 cm³/mol. The Labute approximate surface area is 103 Å². The van der Waals surface area contributed by atoms with Gasteiger partial charge in [-0.1, -0.05) is 11.6 Å². The summed E-state index contributed by atoms with van der Waals surface area (Å²) in [5, 5.41) is 16.5. The first-order chi connectivity index (χ1) is 8.06. The van der Waals surface area contributed by atoms with Gasteiger partial charge in [-0.15, -0.1) is 0 Å². The summed E-state index contributed by atoms with van der Waals surface area (Å²) in [6.07, 6.45) is 1.71. The first kappa shape index (κ1) is 11.5. The van der Waals surface area contributed by atoms with Crippen LogP contribution in [0.15, 0.2) is 30.5 Å². The number of nitrogens with zero attached hydrogens (tertiary/aromatic N) is 2. The Balaban J connectivity index is 2.20. The van der Waals surface area contributed by atoms with E-state index in [0.717, 1.165) is 0 Å². The van der Waals surface area contributed by atoms with Crippen LogP contribution in [0.3, 0.4) is 0 Å². The van der Waals surface area contributed by atoms with E-state index in [0.29, 0.717) is 10.8 Å². The number of amides is 1. The van der Waals surface area contributed by atoms with Crippen LogP contribution in [0.5, 0.6) is 5.75 Å². The van der Waals surface area contributed by atoms with Crippen molar-refractivity contribution in [2.75, 3.05) is 5.32 Å². The molecule has 1 amide bonds. The molecule has 0 radical (unpaired) electrons.